The van der Waals surface area contributed by atoms with E-state index in [0.717, 1.165) is 0 Å². The largest absolute Gasteiger partial charge is 3.00 e. The van der Waals surface area contributed by atoms with Crippen molar-refractivity contribution in [2.75, 3.05) is 0 Å². The average Bonchev–Trinajstić information content (AvgIpc) is 0.811. The summed E-state index contributed by atoms with van der Waals surface area (Å²) in [5, 5.41) is 0. The van der Waals surface area contributed by atoms with Gasteiger partial charge in [-0.25, -0.2) is 6.17 Å². The molecular weight excluding hydrogens is 141 g/mol. The third-order valence-corrected chi connectivity index (χ3v) is 0. The Labute approximate surface area is 57.2 Å². The van der Waals surface area contributed by atoms with Crippen molar-refractivity contribution in [3.63, 3.8) is 0 Å². The Balaban J connectivity index is 0. The maximum Gasteiger partial charge on any atom is 3.00 e. The first kappa shape index (κ1) is 9.39. The molecule has 0 rings (SSSR count). The van der Waals surface area contributed by atoms with Crippen LogP contribution in [0.15, 0.2) is 0 Å². The molecule has 0 aromatic heterocycles. The van der Waals surface area contributed by atoms with Gasteiger partial charge >= 0.3 is 32.7 Å². The van der Waals surface area contributed by atoms with E-state index in [4.69, 9.17) is 11.5 Å². The topological polar surface area (TPSA) is 52.0 Å². The van der Waals surface area contributed by atoms with Crippen molar-refractivity contribution in [1.82, 2.24) is 0 Å². The fourth-order valence-corrected chi connectivity index (χ4v) is 0. The number of hydrogen-bond acceptors (Lipinski definition) is 2. The summed E-state index contributed by atoms with van der Waals surface area (Å²) in [6, 6.07) is 0. The minimum atomic E-state index is 0. The third-order valence-electron chi connectivity index (χ3n) is 0. The molecule has 0 amide bonds. The summed E-state index contributed by atoms with van der Waals surface area (Å²) in [5.41, 5.74) is 9.61. The molecule has 0 heterocycles. The SMILES string of the molecule is C[C-](N)N.[Y+3]. The van der Waals surface area contributed by atoms with Crippen molar-refractivity contribution < 1.29 is 32.7 Å². The minimum absolute atomic E-state index is 0. The molecule has 0 radical (unpaired) electrons. The summed E-state index contributed by atoms with van der Waals surface area (Å²) in [5.74, 6) is 0. The number of hydrogen-bond donors (Lipinski definition) is 2. The second-order valence-electron chi connectivity index (χ2n) is 0.744. The fourth-order valence-electron chi connectivity index (χ4n) is 0. The van der Waals surface area contributed by atoms with Crippen molar-refractivity contribution in [1.29, 1.82) is 0 Å². The predicted octanol–water partition coefficient (Wildman–Crippen LogP) is -0.589. The van der Waals surface area contributed by atoms with Crippen LogP contribution >= 0.6 is 0 Å². The molecule has 2 nitrogen and oxygen atoms in total. The molecule has 0 aliphatic rings. The zero-order valence-corrected chi connectivity index (χ0v) is 6.07. The van der Waals surface area contributed by atoms with Crippen molar-refractivity contribution in [2.24, 2.45) is 11.5 Å². The van der Waals surface area contributed by atoms with E-state index >= 15 is 0 Å². The van der Waals surface area contributed by atoms with Crippen molar-refractivity contribution >= 4 is 0 Å². The van der Waals surface area contributed by atoms with Gasteiger partial charge in [0.2, 0.25) is 0 Å². The van der Waals surface area contributed by atoms with E-state index in [-0.39, 0.29) is 32.7 Å². The predicted molar refractivity (Wildman–Crippen MR) is 17.3 cm³/mol. The summed E-state index contributed by atoms with van der Waals surface area (Å²) < 4.78 is 0. The molecule has 3 heteroatoms. The first-order valence-corrected chi connectivity index (χ1v) is 1.08. The Morgan fingerprint density at radius 2 is 1.40 bits per heavy atom. The fraction of sp³-hybridized carbons (Fsp3) is 0.500. The smallest absolute Gasteiger partial charge is 0.467 e. The molecule has 5 heavy (non-hydrogen) atoms. The van der Waals surface area contributed by atoms with Gasteiger partial charge in [0.1, 0.15) is 0 Å². The van der Waals surface area contributed by atoms with Crippen LogP contribution in [0.25, 0.3) is 0 Å². The van der Waals surface area contributed by atoms with E-state index < -0.39 is 0 Å². The summed E-state index contributed by atoms with van der Waals surface area (Å²) in [6.45, 7) is 1.64. The monoisotopic (exact) mass is 148 g/mol. The van der Waals surface area contributed by atoms with Crippen LogP contribution in [0.1, 0.15) is 6.92 Å². The van der Waals surface area contributed by atoms with Crippen molar-refractivity contribution in [3.05, 3.63) is 6.17 Å². The molecule has 0 aromatic rings. The van der Waals surface area contributed by atoms with Gasteiger partial charge in [0.25, 0.3) is 0 Å². The van der Waals surface area contributed by atoms with Gasteiger partial charge in [0, 0.05) is 0 Å². The Hall–Kier alpha value is 1.02. The average molecular weight is 148 g/mol. The molecule has 0 unspecified atom stereocenters. The summed E-state index contributed by atoms with van der Waals surface area (Å²) in [6.07, 6.45) is 0.417. The second kappa shape index (κ2) is 5.02. The molecule has 0 bridgehead atoms. The molecule has 4 N–H and O–H groups in total. The van der Waals surface area contributed by atoms with Gasteiger partial charge in [-0.1, -0.05) is 0 Å². The summed E-state index contributed by atoms with van der Waals surface area (Å²) >= 11 is 0. The van der Waals surface area contributed by atoms with Gasteiger partial charge in [0.15, 0.2) is 0 Å². The van der Waals surface area contributed by atoms with Crippen LogP contribution in [0.5, 0.6) is 0 Å². The van der Waals surface area contributed by atoms with Crippen LogP contribution in [0.4, 0.5) is 0 Å². The van der Waals surface area contributed by atoms with E-state index in [1.807, 2.05) is 0 Å². The molecule has 0 aliphatic carbocycles. The Morgan fingerprint density at radius 1 is 1.40 bits per heavy atom. The number of nitrogens with two attached hydrogens (primary N) is 2. The maximum atomic E-state index is 4.81. The molecule has 0 spiro atoms. The molecule has 26 valence electrons. The standard InChI is InChI=1S/C2H7N2.Y/c1-2(3)4;/h3-4H2,1H3;/q-1;+3. The van der Waals surface area contributed by atoms with E-state index in [0.29, 0.717) is 6.17 Å². The third kappa shape index (κ3) is 43.8. The quantitative estimate of drug-likeness (QED) is 0.451. The van der Waals surface area contributed by atoms with Gasteiger partial charge in [-0.3, -0.25) is 0 Å². The van der Waals surface area contributed by atoms with Gasteiger partial charge in [-0.15, -0.1) is 0 Å². The molecule has 0 aromatic carbocycles. The zero-order valence-electron chi connectivity index (χ0n) is 3.23. The first-order valence-electron chi connectivity index (χ1n) is 1.08. The second-order valence-corrected chi connectivity index (χ2v) is 0.744. The van der Waals surface area contributed by atoms with E-state index in [1.165, 1.54) is 0 Å². The van der Waals surface area contributed by atoms with Gasteiger partial charge in [-0.2, -0.15) is 6.92 Å². The van der Waals surface area contributed by atoms with Gasteiger partial charge < -0.3 is 11.5 Å². The Morgan fingerprint density at radius 3 is 1.40 bits per heavy atom. The maximum absolute atomic E-state index is 4.81. The van der Waals surface area contributed by atoms with Crippen LogP contribution < -0.4 is 11.5 Å². The Bertz CT molecular complexity index is 12.4. The Kier molecular flexibility index (Phi) is 9.43. The van der Waals surface area contributed by atoms with Crippen molar-refractivity contribution in [3.8, 4) is 0 Å². The number of rotatable bonds is 0. The van der Waals surface area contributed by atoms with E-state index in [9.17, 15) is 0 Å². The molecular formula is C2H7N2Y+2. The minimum Gasteiger partial charge on any atom is -0.467 e. The zero-order chi connectivity index (χ0) is 3.58. The normalized spacial score (nSPS) is 7.20. The van der Waals surface area contributed by atoms with Crippen LogP contribution in [0, 0.1) is 6.17 Å². The summed E-state index contributed by atoms with van der Waals surface area (Å²) in [4.78, 5) is 0. The van der Waals surface area contributed by atoms with Gasteiger partial charge in [-0.05, 0) is 0 Å². The van der Waals surface area contributed by atoms with E-state index in [1.54, 1.807) is 6.92 Å². The van der Waals surface area contributed by atoms with Crippen LogP contribution in [-0.2, 0) is 32.7 Å². The molecule has 0 saturated carbocycles. The van der Waals surface area contributed by atoms with Crippen LogP contribution in [0.2, 0.25) is 0 Å². The van der Waals surface area contributed by atoms with E-state index in [2.05, 4.69) is 0 Å². The molecule has 0 saturated heterocycles. The molecule has 0 aliphatic heterocycles. The first-order chi connectivity index (χ1) is 1.73. The van der Waals surface area contributed by atoms with Gasteiger partial charge in [0.05, 0.1) is 0 Å². The van der Waals surface area contributed by atoms with Crippen molar-refractivity contribution in [2.45, 2.75) is 6.92 Å². The van der Waals surface area contributed by atoms with Crippen LogP contribution in [0.3, 0.4) is 0 Å². The van der Waals surface area contributed by atoms with Crippen LogP contribution in [-0.4, -0.2) is 0 Å². The summed E-state index contributed by atoms with van der Waals surface area (Å²) in [7, 11) is 0. The molecule has 0 fully saturated rings. The molecule has 0 atom stereocenters.